The molecule has 1 N–H and O–H groups in total. The lowest BCUT2D eigenvalue weighted by atomic mass is 10.1. The minimum Gasteiger partial charge on any atom is -0.497 e. The van der Waals surface area contributed by atoms with Gasteiger partial charge in [0.05, 0.1) is 13.5 Å². The third-order valence-electron chi connectivity index (χ3n) is 3.09. The number of rotatable bonds is 6. The minimum atomic E-state index is -0.798. The van der Waals surface area contributed by atoms with Gasteiger partial charge in [0.2, 0.25) is 5.78 Å². The van der Waals surface area contributed by atoms with Gasteiger partial charge in [0.1, 0.15) is 5.75 Å². The number of anilines is 1. The minimum absolute atomic E-state index is 0.362. The highest BCUT2D eigenvalue weighted by atomic mass is 127. The van der Waals surface area contributed by atoms with Crippen LogP contribution in [0, 0.1) is 3.57 Å². The Morgan fingerprint density at radius 1 is 1.00 bits per heavy atom. The van der Waals surface area contributed by atoms with Gasteiger partial charge in [0.15, 0.2) is 5.78 Å². The van der Waals surface area contributed by atoms with E-state index >= 15 is 0 Å². The summed E-state index contributed by atoms with van der Waals surface area (Å²) >= 11 is 2.14. The van der Waals surface area contributed by atoms with Crippen molar-refractivity contribution in [2.45, 2.75) is 6.42 Å². The number of Topliss-reactive ketones (excluding diaryl/α,β-unsaturated/α-hetero) is 2. The van der Waals surface area contributed by atoms with E-state index < -0.39 is 23.9 Å². The number of carbonyl (C=O) groups excluding carboxylic acids is 3. The second-order valence-electron chi connectivity index (χ2n) is 4.71. The quantitative estimate of drug-likeness (QED) is 0.336. The number of halogens is 1. The SMILES string of the molecule is COc1ccc(C(=O)CC(=O)C(=O)Nc2ccc(I)cc2)cc1. The van der Waals surface area contributed by atoms with E-state index in [4.69, 9.17) is 4.74 Å². The fraction of sp³-hybridized carbons (Fsp3) is 0.118. The van der Waals surface area contributed by atoms with Crippen molar-refractivity contribution < 1.29 is 19.1 Å². The van der Waals surface area contributed by atoms with Gasteiger partial charge in [-0.05, 0) is 71.1 Å². The van der Waals surface area contributed by atoms with E-state index in [1.807, 2.05) is 12.1 Å². The van der Waals surface area contributed by atoms with E-state index in [0.717, 1.165) is 3.57 Å². The van der Waals surface area contributed by atoms with Gasteiger partial charge >= 0.3 is 0 Å². The molecule has 0 aliphatic rings. The molecule has 118 valence electrons. The summed E-state index contributed by atoms with van der Waals surface area (Å²) < 4.78 is 6.02. The molecule has 0 bridgehead atoms. The predicted molar refractivity (Wildman–Crippen MR) is 94.7 cm³/mol. The van der Waals surface area contributed by atoms with Crippen molar-refractivity contribution >= 4 is 45.8 Å². The summed E-state index contributed by atoms with van der Waals surface area (Å²) in [5.74, 6) is -1.36. The summed E-state index contributed by atoms with van der Waals surface area (Å²) in [6.07, 6.45) is -0.470. The Morgan fingerprint density at radius 2 is 1.61 bits per heavy atom. The third kappa shape index (κ3) is 4.88. The zero-order chi connectivity index (χ0) is 16.8. The summed E-state index contributed by atoms with van der Waals surface area (Å²) in [5.41, 5.74) is 0.877. The molecule has 0 radical (unpaired) electrons. The van der Waals surface area contributed by atoms with Crippen LogP contribution in [0.1, 0.15) is 16.8 Å². The van der Waals surface area contributed by atoms with E-state index in [9.17, 15) is 14.4 Å². The maximum atomic E-state index is 12.0. The predicted octanol–water partition coefficient (Wildman–Crippen LogP) is 3.08. The van der Waals surface area contributed by atoms with Crippen LogP contribution in [0.25, 0.3) is 0 Å². The maximum Gasteiger partial charge on any atom is 0.292 e. The average molecular weight is 423 g/mol. The van der Waals surface area contributed by atoms with Gasteiger partial charge in [-0.15, -0.1) is 0 Å². The molecule has 0 aliphatic heterocycles. The molecule has 2 rings (SSSR count). The van der Waals surface area contributed by atoms with E-state index in [1.165, 1.54) is 7.11 Å². The number of hydrogen-bond donors (Lipinski definition) is 1. The fourth-order valence-corrected chi connectivity index (χ4v) is 2.20. The van der Waals surface area contributed by atoms with Gasteiger partial charge < -0.3 is 10.1 Å². The molecule has 2 aromatic rings. The molecule has 0 saturated heterocycles. The number of ketones is 2. The molecule has 0 unspecified atom stereocenters. The van der Waals surface area contributed by atoms with E-state index in [0.29, 0.717) is 17.0 Å². The van der Waals surface area contributed by atoms with Crippen molar-refractivity contribution in [2.24, 2.45) is 0 Å². The first-order valence-corrected chi connectivity index (χ1v) is 7.84. The Kier molecular flexibility index (Phi) is 5.86. The van der Waals surface area contributed by atoms with Crippen LogP contribution in [0.4, 0.5) is 5.69 Å². The largest absolute Gasteiger partial charge is 0.497 e. The van der Waals surface area contributed by atoms with E-state index in [2.05, 4.69) is 27.9 Å². The van der Waals surface area contributed by atoms with Crippen LogP contribution in [0.2, 0.25) is 0 Å². The van der Waals surface area contributed by atoms with Gasteiger partial charge in [0, 0.05) is 14.8 Å². The Bertz CT molecular complexity index is 723. The Labute approximate surface area is 147 Å². The van der Waals surface area contributed by atoms with Crippen LogP contribution in [0.3, 0.4) is 0 Å². The maximum absolute atomic E-state index is 12.0. The van der Waals surface area contributed by atoms with Crippen LogP contribution >= 0.6 is 22.6 Å². The first-order chi connectivity index (χ1) is 11.0. The normalized spacial score (nSPS) is 10.0. The number of methoxy groups -OCH3 is 1. The van der Waals surface area contributed by atoms with Gasteiger partial charge in [0.25, 0.3) is 5.91 Å². The van der Waals surface area contributed by atoms with Gasteiger partial charge in [-0.2, -0.15) is 0 Å². The number of hydrogen-bond acceptors (Lipinski definition) is 4. The molecular weight excluding hydrogens is 409 g/mol. The molecule has 0 saturated carbocycles. The Balaban J connectivity index is 1.95. The van der Waals surface area contributed by atoms with Crippen molar-refractivity contribution in [3.05, 3.63) is 57.7 Å². The molecular formula is C17H14INO4. The molecule has 2 aromatic carbocycles. The molecule has 23 heavy (non-hydrogen) atoms. The second kappa shape index (κ2) is 7.87. The summed E-state index contributed by atoms with van der Waals surface area (Å²) in [6, 6.07) is 13.4. The smallest absolute Gasteiger partial charge is 0.292 e. The first-order valence-electron chi connectivity index (χ1n) is 6.76. The summed E-state index contributed by atoms with van der Waals surface area (Å²) in [7, 11) is 1.52. The lowest BCUT2D eigenvalue weighted by Crippen LogP contribution is -2.25. The van der Waals surface area contributed by atoms with E-state index in [-0.39, 0.29) is 0 Å². The summed E-state index contributed by atoms with van der Waals surface area (Å²) in [4.78, 5) is 35.7. The second-order valence-corrected chi connectivity index (χ2v) is 5.96. The summed E-state index contributed by atoms with van der Waals surface area (Å²) in [6.45, 7) is 0. The van der Waals surface area contributed by atoms with E-state index in [1.54, 1.807) is 36.4 Å². The van der Waals surface area contributed by atoms with Crippen molar-refractivity contribution in [1.82, 2.24) is 0 Å². The van der Waals surface area contributed by atoms with Crippen LogP contribution in [-0.2, 0) is 9.59 Å². The number of benzene rings is 2. The molecule has 0 atom stereocenters. The number of carbonyl (C=O) groups is 3. The fourth-order valence-electron chi connectivity index (χ4n) is 1.84. The van der Waals surface area contributed by atoms with Gasteiger partial charge in [-0.3, -0.25) is 14.4 Å². The van der Waals surface area contributed by atoms with Crippen molar-refractivity contribution in [2.75, 3.05) is 12.4 Å². The number of amides is 1. The highest BCUT2D eigenvalue weighted by Gasteiger charge is 2.19. The molecule has 0 aromatic heterocycles. The highest BCUT2D eigenvalue weighted by Crippen LogP contribution is 2.14. The first kappa shape index (κ1) is 17.1. The molecule has 0 aliphatic carbocycles. The molecule has 1 amide bonds. The van der Waals surface area contributed by atoms with Crippen molar-refractivity contribution in [3.8, 4) is 5.75 Å². The van der Waals surface area contributed by atoms with Crippen LogP contribution in [-0.4, -0.2) is 24.6 Å². The zero-order valence-corrected chi connectivity index (χ0v) is 14.5. The highest BCUT2D eigenvalue weighted by molar-refractivity contribution is 14.1. The topological polar surface area (TPSA) is 72.5 Å². The number of ether oxygens (including phenoxy) is 1. The molecule has 0 heterocycles. The molecule has 5 nitrogen and oxygen atoms in total. The monoisotopic (exact) mass is 423 g/mol. The molecule has 6 heteroatoms. The standard InChI is InChI=1S/C17H14INO4/c1-23-14-8-2-11(3-9-14)15(20)10-16(21)17(22)19-13-6-4-12(18)5-7-13/h2-9H,10H2,1H3,(H,19,22). The van der Waals surface area contributed by atoms with Crippen LogP contribution < -0.4 is 10.1 Å². The Hall–Kier alpha value is -2.22. The molecule has 0 fully saturated rings. The lowest BCUT2D eigenvalue weighted by Gasteiger charge is -2.05. The zero-order valence-electron chi connectivity index (χ0n) is 12.3. The number of nitrogens with one attached hydrogen (secondary N) is 1. The van der Waals surface area contributed by atoms with Crippen LogP contribution in [0.15, 0.2) is 48.5 Å². The lowest BCUT2D eigenvalue weighted by molar-refractivity contribution is -0.134. The summed E-state index contributed by atoms with van der Waals surface area (Å²) in [5, 5.41) is 2.48. The van der Waals surface area contributed by atoms with Crippen LogP contribution in [0.5, 0.6) is 5.75 Å². The van der Waals surface area contributed by atoms with Crippen molar-refractivity contribution in [3.63, 3.8) is 0 Å². The van der Waals surface area contributed by atoms with Gasteiger partial charge in [-0.1, -0.05) is 0 Å². The molecule has 0 spiro atoms. The van der Waals surface area contributed by atoms with Crippen molar-refractivity contribution in [1.29, 1.82) is 0 Å². The Morgan fingerprint density at radius 3 is 2.17 bits per heavy atom. The average Bonchev–Trinajstić information content (AvgIpc) is 2.56. The third-order valence-corrected chi connectivity index (χ3v) is 3.81. The van der Waals surface area contributed by atoms with Gasteiger partial charge in [-0.25, -0.2) is 0 Å².